The molecule has 0 spiro atoms. The molecule has 0 saturated heterocycles. The van der Waals surface area contributed by atoms with Crippen molar-refractivity contribution in [2.24, 2.45) is 0 Å². The summed E-state index contributed by atoms with van der Waals surface area (Å²) in [6, 6.07) is 13.4. The van der Waals surface area contributed by atoms with E-state index in [1.165, 1.54) is 29.5 Å². The zero-order valence-corrected chi connectivity index (χ0v) is 14.9. The van der Waals surface area contributed by atoms with Gasteiger partial charge in [0.25, 0.3) is 0 Å². The predicted molar refractivity (Wildman–Crippen MR) is 90.6 cm³/mol. The number of hydrogen-bond donors (Lipinski definition) is 0. The second kappa shape index (κ2) is 6.05. The van der Waals surface area contributed by atoms with Gasteiger partial charge in [0.1, 0.15) is 5.75 Å². The van der Waals surface area contributed by atoms with Crippen LogP contribution in [0.1, 0.15) is 0 Å². The van der Waals surface area contributed by atoms with Gasteiger partial charge in [-0.2, -0.15) is 21.6 Å². The molecule has 0 aliphatic carbocycles. The van der Waals surface area contributed by atoms with Crippen LogP contribution in [-0.2, 0) is 10.1 Å². The van der Waals surface area contributed by atoms with Crippen LogP contribution in [0.3, 0.4) is 0 Å². The van der Waals surface area contributed by atoms with Gasteiger partial charge in [0.15, 0.2) is 0 Å². The molecule has 0 aliphatic heterocycles. The van der Waals surface area contributed by atoms with E-state index in [2.05, 4.69) is 20.1 Å². The largest absolute Gasteiger partial charge is 0.534 e. The Labute approximate surface area is 147 Å². The van der Waals surface area contributed by atoms with E-state index < -0.39 is 15.6 Å². The van der Waals surface area contributed by atoms with Crippen LogP contribution < -0.4 is 4.18 Å². The Morgan fingerprint density at radius 3 is 2.29 bits per heavy atom. The van der Waals surface area contributed by atoms with Gasteiger partial charge in [0, 0.05) is 14.0 Å². The van der Waals surface area contributed by atoms with Crippen molar-refractivity contribution in [1.29, 1.82) is 0 Å². The van der Waals surface area contributed by atoms with E-state index >= 15 is 0 Å². The van der Waals surface area contributed by atoms with Gasteiger partial charge in [-0.25, -0.2) is 0 Å². The first-order valence-electron chi connectivity index (χ1n) is 6.46. The van der Waals surface area contributed by atoms with E-state index in [0.717, 1.165) is 20.3 Å². The van der Waals surface area contributed by atoms with Crippen LogP contribution in [0.5, 0.6) is 5.75 Å². The van der Waals surface area contributed by atoms with Crippen LogP contribution >= 0.6 is 27.3 Å². The molecule has 0 aliphatic rings. The van der Waals surface area contributed by atoms with E-state index in [4.69, 9.17) is 0 Å². The number of fused-ring (bicyclic) bond motifs is 1. The Hall–Kier alpha value is -1.58. The predicted octanol–water partition coefficient (Wildman–Crippen LogP) is 5.56. The monoisotopic (exact) mass is 436 g/mol. The van der Waals surface area contributed by atoms with Crippen molar-refractivity contribution < 1.29 is 25.8 Å². The minimum Gasteiger partial charge on any atom is -0.376 e. The summed E-state index contributed by atoms with van der Waals surface area (Å²) in [5.41, 5.74) is -4.51. The molecule has 24 heavy (non-hydrogen) atoms. The molecule has 0 N–H and O–H groups in total. The van der Waals surface area contributed by atoms with Crippen molar-refractivity contribution >= 4 is 47.5 Å². The molecule has 0 bridgehead atoms. The topological polar surface area (TPSA) is 43.4 Å². The van der Waals surface area contributed by atoms with E-state index in [1.54, 1.807) is 0 Å². The molecular formula is C15H8BrF3O3S2. The Bertz CT molecular complexity index is 993. The summed E-state index contributed by atoms with van der Waals surface area (Å²) in [6.07, 6.45) is 0. The maximum atomic E-state index is 12.4. The fourth-order valence-corrected chi connectivity index (χ4v) is 3.81. The number of benzene rings is 2. The molecule has 1 heterocycles. The van der Waals surface area contributed by atoms with Gasteiger partial charge in [0.2, 0.25) is 0 Å². The molecule has 2 aromatic carbocycles. The maximum Gasteiger partial charge on any atom is 0.534 e. The van der Waals surface area contributed by atoms with Gasteiger partial charge in [-0.05, 0) is 47.3 Å². The Kier molecular flexibility index (Phi) is 4.35. The van der Waals surface area contributed by atoms with E-state index in [-0.39, 0.29) is 5.75 Å². The summed E-state index contributed by atoms with van der Waals surface area (Å²) in [4.78, 5) is 0.910. The number of rotatable bonds is 3. The van der Waals surface area contributed by atoms with E-state index in [1.807, 2.05) is 30.3 Å². The number of thiophene rings is 1. The molecule has 0 saturated carbocycles. The molecule has 3 nitrogen and oxygen atoms in total. The third-order valence-electron chi connectivity index (χ3n) is 3.11. The van der Waals surface area contributed by atoms with E-state index in [0.29, 0.717) is 4.70 Å². The highest BCUT2D eigenvalue weighted by Gasteiger charge is 2.48. The highest BCUT2D eigenvalue weighted by Crippen LogP contribution is 2.36. The standard InChI is InChI=1S/C15H8BrF3O3S2/c16-11-4-1-9(2-5-11)13-7-10-3-6-12(8-14(10)23-13)22-24(20,21)15(17,18)19/h1-8H. The first-order chi connectivity index (χ1) is 11.2. The molecule has 0 amide bonds. The van der Waals surface area contributed by atoms with Gasteiger partial charge in [-0.15, -0.1) is 11.3 Å². The first kappa shape index (κ1) is 17.2. The van der Waals surface area contributed by atoms with Gasteiger partial charge >= 0.3 is 15.6 Å². The van der Waals surface area contributed by atoms with Crippen molar-refractivity contribution in [2.75, 3.05) is 0 Å². The summed E-state index contributed by atoms with van der Waals surface area (Å²) in [7, 11) is -5.67. The molecule has 9 heteroatoms. The van der Waals surface area contributed by atoms with Crippen molar-refractivity contribution in [3.05, 3.63) is 53.0 Å². The number of alkyl halides is 3. The molecule has 3 rings (SSSR count). The lowest BCUT2D eigenvalue weighted by atomic mass is 10.1. The summed E-state index contributed by atoms with van der Waals surface area (Å²) in [5, 5.41) is 0.787. The molecule has 0 radical (unpaired) electrons. The summed E-state index contributed by atoms with van der Waals surface area (Å²) < 4.78 is 65.0. The zero-order valence-electron chi connectivity index (χ0n) is 11.7. The normalized spacial score (nSPS) is 12.5. The molecule has 3 aromatic rings. The molecule has 126 valence electrons. The first-order valence-corrected chi connectivity index (χ1v) is 9.48. The van der Waals surface area contributed by atoms with Crippen molar-refractivity contribution in [2.45, 2.75) is 5.51 Å². The van der Waals surface area contributed by atoms with Crippen LogP contribution in [0.2, 0.25) is 0 Å². The van der Waals surface area contributed by atoms with Crippen LogP contribution in [0.25, 0.3) is 20.5 Å². The van der Waals surface area contributed by atoms with Crippen LogP contribution in [0.4, 0.5) is 13.2 Å². The summed E-state index contributed by atoms with van der Waals surface area (Å²) >= 11 is 4.68. The van der Waals surface area contributed by atoms with Crippen molar-refractivity contribution in [3.63, 3.8) is 0 Å². The lowest BCUT2D eigenvalue weighted by Gasteiger charge is -2.09. The van der Waals surface area contributed by atoms with Gasteiger partial charge in [0.05, 0.1) is 0 Å². The highest BCUT2D eigenvalue weighted by molar-refractivity contribution is 9.10. The van der Waals surface area contributed by atoms with Gasteiger partial charge in [-0.3, -0.25) is 0 Å². The highest BCUT2D eigenvalue weighted by atomic mass is 79.9. The molecular weight excluding hydrogens is 429 g/mol. The quantitative estimate of drug-likeness (QED) is 0.398. The fourth-order valence-electron chi connectivity index (χ4n) is 1.99. The number of halogens is 4. The average molecular weight is 437 g/mol. The summed E-state index contributed by atoms with van der Waals surface area (Å²) in [6.45, 7) is 0. The minimum absolute atomic E-state index is 0.371. The average Bonchev–Trinajstić information content (AvgIpc) is 2.89. The molecule has 0 fully saturated rings. The zero-order chi connectivity index (χ0) is 17.5. The second-order valence-corrected chi connectivity index (χ2v) is 8.34. The van der Waals surface area contributed by atoms with Crippen molar-refractivity contribution in [3.8, 4) is 16.2 Å². The molecule has 0 atom stereocenters. The van der Waals surface area contributed by atoms with Gasteiger partial charge < -0.3 is 4.18 Å². The van der Waals surface area contributed by atoms with Crippen LogP contribution in [0, 0.1) is 0 Å². The Balaban J connectivity index is 1.96. The van der Waals surface area contributed by atoms with Crippen LogP contribution in [-0.4, -0.2) is 13.9 Å². The minimum atomic E-state index is -5.67. The fraction of sp³-hybridized carbons (Fsp3) is 0.0667. The second-order valence-electron chi connectivity index (χ2n) is 4.80. The van der Waals surface area contributed by atoms with E-state index in [9.17, 15) is 21.6 Å². The molecule has 0 unspecified atom stereocenters. The lowest BCUT2D eigenvalue weighted by molar-refractivity contribution is -0.0500. The Morgan fingerprint density at radius 1 is 1.00 bits per heavy atom. The summed E-state index contributed by atoms with van der Waals surface area (Å²) in [5.74, 6) is -0.371. The van der Waals surface area contributed by atoms with Gasteiger partial charge in [-0.1, -0.05) is 28.1 Å². The third kappa shape index (κ3) is 3.42. The van der Waals surface area contributed by atoms with Crippen LogP contribution in [0.15, 0.2) is 53.0 Å². The van der Waals surface area contributed by atoms with Crippen molar-refractivity contribution in [1.82, 2.24) is 0 Å². The number of hydrogen-bond acceptors (Lipinski definition) is 4. The third-order valence-corrected chi connectivity index (χ3v) is 5.76. The smallest absolute Gasteiger partial charge is 0.376 e. The maximum absolute atomic E-state index is 12.4. The molecule has 1 aromatic heterocycles. The Morgan fingerprint density at radius 2 is 1.67 bits per heavy atom. The SMILES string of the molecule is O=S(=O)(Oc1ccc2cc(-c3ccc(Br)cc3)sc2c1)C(F)(F)F. The lowest BCUT2D eigenvalue weighted by Crippen LogP contribution is -2.27.